The van der Waals surface area contributed by atoms with Gasteiger partial charge in [-0.1, -0.05) is 53.2 Å². The van der Waals surface area contributed by atoms with Crippen LogP contribution in [0.3, 0.4) is 0 Å². The van der Waals surface area contributed by atoms with Crippen molar-refractivity contribution in [1.29, 1.82) is 0 Å². The maximum absolute atomic E-state index is 12.0. The van der Waals surface area contributed by atoms with Crippen LogP contribution in [0, 0.1) is 0 Å². The smallest absolute Gasteiger partial charge is 0.320 e. The maximum atomic E-state index is 12.0. The predicted molar refractivity (Wildman–Crippen MR) is 81.4 cm³/mol. The van der Waals surface area contributed by atoms with Crippen molar-refractivity contribution in [3.63, 3.8) is 0 Å². The van der Waals surface area contributed by atoms with E-state index in [-0.39, 0.29) is 22.9 Å². The second-order valence-electron chi connectivity index (χ2n) is 4.85. The zero-order valence-corrected chi connectivity index (χ0v) is 13.6. The summed E-state index contributed by atoms with van der Waals surface area (Å²) >= 11 is 3.34. The van der Waals surface area contributed by atoms with Crippen LogP contribution in [0.5, 0.6) is 0 Å². The van der Waals surface area contributed by atoms with Crippen molar-refractivity contribution in [3.8, 4) is 0 Å². The SMILES string of the molecule is CC[C@H](Br)C(=O)O[C@H](c1ccccc1)[C@H](C)N(C)C. The van der Waals surface area contributed by atoms with Gasteiger partial charge in [-0.15, -0.1) is 0 Å². The molecular weight excluding hydrogens is 306 g/mol. The molecule has 0 saturated heterocycles. The minimum Gasteiger partial charge on any atom is -0.455 e. The van der Waals surface area contributed by atoms with Crippen molar-refractivity contribution in [1.82, 2.24) is 4.90 Å². The molecule has 106 valence electrons. The lowest BCUT2D eigenvalue weighted by Gasteiger charge is -2.30. The van der Waals surface area contributed by atoms with E-state index in [4.69, 9.17) is 4.74 Å². The van der Waals surface area contributed by atoms with E-state index in [2.05, 4.69) is 27.8 Å². The van der Waals surface area contributed by atoms with Crippen LogP contribution < -0.4 is 0 Å². The zero-order valence-electron chi connectivity index (χ0n) is 12.0. The summed E-state index contributed by atoms with van der Waals surface area (Å²) in [4.78, 5) is 13.8. The van der Waals surface area contributed by atoms with E-state index >= 15 is 0 Å². The molecule has 0 bridgehead atoms. The highest BCUT2D eigenvalue weighted by Gasteiger charge is 2.27. The van der Waals surface area contributed by atoms with Crippen molar-refractivity contribution < 1.29 is 9.53 Å². The van der Waals surface area contributed by atoms with Crippen molar-refractivity contribution in [2.75, 3.05) is 14.1 Å². The van der Waals surface area contributed by atoms with Gasteiger partial charge in [0.1, 0.15) is 10.9 Å². The van der Waals surface area contributed by atoms with Crippen LogP contribution in [0.25, 0.3) is 0 Å². The lowest BCUT2D eigenvalue weighted by Crippen LogP contribution is -2.35. The fourth-order valence-corrected chi connectivity index (χ4v) is 1.83. The Balaban J connectivity index is 2.91. The molecule has 0 N–H and O–H groups in total. The highest BCUT2D eigenvalue weighted by atomic mass is 79.9. The van der Waals surface area contributed by atoms with E-state index in [0.29, 0.717) is 0 Å². The summed E-state index contributed by atoms with van der Waals surface area (Å²) in [5.74, 6) is -0.204. The maximum Gasteiger partial charge on any atom is 0.320 e. The second kappa shape index (κ2) is 7.65. The van der Waals surface area contributed by atoms with Crippen molar-refractivity contribution in [2.24, 2.45) is 0 Å². The Labute approximate surface area is 124 Å². The van der Waals surface area contributed by atoms with E-state index in [1.807, 2.05) is 51.4 Å². The van der Waals surface area contributed by atoms with Gasteiger partial charge in [-0.2, -0.15) is 0 Å². The summed E-state index contributed by atoms with van der Waals surface area (Å²) in [5, 5.41) is 0. The normalized spacial score (nSPS) is 15.9. The molecule has 1 rings (SSSR count). The lowest BCUT2D eigenvalue weighted by molar-refractivity contribution is -0.151. The summed E-state index contributed by atoms with van der Waals surface area (Å²) in [7, 11) is 3.97. The number of carbonyl (C=O) groups is 1. The number of nitrogens with zero attached hydrogens (tertiary/aromatic N) is 1. The Kier molecular flexibility index (Phi) is 6.52. The number of alkyl halides is 1. The first-order valence-electron chi connectivity index (χ1n) is 6.53. The van der Waals surface area contributed by atoms with Crippen LogP contribution in [0.4, 0.5) is 0 Å². The Morgan fingerprint density at radius 1 is 1.32 bits per heavy atom. The minimum atomic E-state index is -0.254. The molecule has 3 atom stereocenters. The Hall–Kier alpha value is -0.870. The molecule has 1 aromatic carbocycles. The minimum absolute atomic E-state index is 0.114. The molecular formula is C15H22BrNO2. The number of hydrogen-bond acceptors (Lipinski definition) is 3. The van der Waals surface area contributed by atoms with E-state index in [9.17, 15) is 4.79 Å². The molecule has 0 heterocycles. The molecule has 0 aliphatic rings. The first-order chi connectivity index (χ1) is 8.97. The van der Waals surface area contributed by atoms with Gasteiger partial charge in [0.15, 0.2) is 0 Å². The molecule has 0 spiro atoms. The fraction of sp³-hybridized carbons (Fsp3) is 0.533. The highest BCUT2D eigenvalue weighted by molar-refractivity contribution is 9.10. The number of ether oxygens (including phenoxy) is 1. The molecule has 1 aromatic rings. The third-order valence-electron chi connectivity index (χ3n) is 3.24. The number of rotatable bonds is 6. The topological polar surface area (TPSA) is 29.5 Å². The van der Waals surface area contributed by atoms with Gasteiger partial charge >= 0.3 is 5.97 Å². The molecule has 0 saturated carbocycles. The molecule has 4 heteroatoms. The molecule has 0 unspecified atom stereocenters. The van der Waals surface area contributed by atoms with Gasteiger partial charge in [0.2, 0.25) is 0 Å². The molecule has 0 aromatic heterocycles. The molecule has 0 aliphatic carbocycles. The first kappa shape index (κ1) is 16.2. The third kappa shape index (κ3) is 4.62. The monoisotopic (exact) mass is 327 g/mol. The van der Waals surface area contributed by atoms with Crippen LogP contribution in [-0.4, -0.2) is 35.8 Å². The average Bonchev–Trinajstić information content (AvgIpc) is 2.43. The summed E-state index contributed by atoms with van der Waals surface area (Å²) in [6.07, 6.45) is 0.465. The number of likely N-dealkylation sites (N-methyl/N-ethyl adjacent to an activating group) is 1. The summed E-state index contributed by atoms with van der Waals surface area (Å²) in [6, 6.07) is 9.99. The van der Waals surface area contributed by atoms with Gasteiger partial charge in [0, 0.05) is 6.04 Å². The highest BCUT2D eigenvalue weighted by Crippen LogP contribution is 2.25. The van der Waals surface area contributed by atoms with E-state index in [0.717, 1.165) is 12.0 Å². The predicted octanol–water partition coefficient (Wildman–Crippen LogP) is 3.39. The first-order valence-corrected chi connectivity index (χ1v) is 7.44. The standard InChI is InChI=1S/C15H22BrNO2/c1-5-13(16)15(18)19-14(11(2)17(3)4)12-9-7-6-8-10-12/h6-11,13-14H,5H2,1-4H3/t11-,13-,14-/m0/s1. The van der Waals surface area contributed by atoms with Crippen LogP contribution >= 0.6 is 15.9 Å². The summed E-state index contributed by atoms with van der Waals surface area (Å²) in [6.45, 7) is 4.01. The number of esters is 1. The molecule has 0 amide bonds. The quantitative estimate of drug-likeness (QED) is 0.592. The van der Waals surface area contributed by atoms with Gasteiger partial charge in [-0.3, -0.25) is 4.79 Å². The van der Waals surface area contributed by atoms with Crippen molar-refractivity contribution in [3.05, 3.63) is 35.9 Å². The van der Waals surface area contributed by atoms with Crippen LogP contribution in [0.2, 0.25) is 0 Å². The van der Waals surface area contributed by atoms with Crippen LogP contribution in [0.1, 0.15) is 31.9 Å². The fourth-order valence-electron chi connectivity index (χ4n) is 1.72. The van der Waals surface area contributed by atoms with Crippen LogP contribution in [-0.2, 0) is 9.53 Å². The average molecular weight is 328 g/mol. The largest absolute Gasteiger partial charge is 0.455 e. The number of halogens is 1. The van der Waals surface area contributed by atoms with Gasteiger partial charge < -0.3 is 9.64 Å². The summed E-state index contributed by atoms with van der Waals surface area (Å²) in [5.41, 5.74) is 1.02. The number of benzene rings is 1. The van der Waals surface area contributed by atoms with E-state index < -0.39 is 0 Å². The summed E-state index contributed by atoms with van der Waals surface area (Å²) < 4.78 is 5.68. The van der Waals surface area contributed by atoms with Gasteiger partial charge in [-0.25, -0.2) is 0 Å². The Morgan fingerprint density at radius 3 is 2.37 bits per heavy atom. The molecule has 0 radical (unpaired) electrons. The third-order valence-corrected chi connectivity index (χ3v) is 4.26. The molecule has 0 aliphatic heterocycles. The van der Waals surface area contributed by atoms with Gasteiger partial charge in [0.25, 0.3) is 0 Å². The van der Waals surface area contributed by atoms with E-state index in [1.165, 1.54) is 0 Å². The zero-order chi connectivity index (χ0) is 14.4. The van der Waals surface area contributed by atoms with E-state index in [1.54, 1.807) is 0 Å². The Bertz CT molecular complexity index is 394. The molecule has 19 heavy (non-hydrogen) atoms. The Morgan fingerprint density at radius 2 is 1.89 bits per heavy atom. The number of carbonyl (C=O) groups excluding carboxylic acids is 1. The lowest BCUT2D eigenvalue weighted by atomic mass is 10.0. The van der Waals surface area contributed by atoms with Gasteiger partial charge in [0.05, 0.1) is 0 Å². The molecule has 0 fully saturated rings. The van der Waals surface area contributed by atoms with Crippen LogP contribution in [0.15, 0.2) is 30.3 Å². The second-order valence-corrected chi connectivity index (χ2v) is 5.95. The van der Waals surface area contributed by atoms with Crippen molar-refractivity contribution >= 4 is 21.9 Å². The van der Waals surface area contributed by atoms with Crippen molar-refractivity contribution in [2.45, 2.75) is 37.2 Å². The van der Waals surface area contributed by atoms with Gasteiger partial charge in [-0.05, 0) is 33.0 Å². The number of hydrogen-bond donors (Lipinski definition) is 0. The molecule has 3 nitrogen and oxygen atoms in total.